The van der Waals surface area contributed by atoms with Crippen molar-refractivity contribution in [1.82, 2.24) is 19.6 Å². The summed E-state index contributed by atoms with van der Waals surface area (Å²) in [6.07, 6.45) is 6.94. The highest BCUT2D eigenvalue weighted by Gasteiger charge is 2.31. The summed E-state index contributed by atoms with van der Waals surface area (Å²) in [6, 6.07) is 18.9. The second-order valence-corrected chi connectivity index (χ2v) is 22.7. The first-order valence-corrected chi connectivity index (χ1v) is 25.9. The van der Waals surface area contributed by atoms with Crippen LogP contribution in [0, 0.1) is 10.3 Å². The Balaban J connectivity index is 0.915. The van der Waals surface area contributed by atoms with Gasteiger partial charge in [-0.05, 0) is 89.9 Å². The number of hydrogen-bond acceptors (Lipinski definition) is 14. The van der Waals surface area contributed by atoms with Crippen LogP contribution in [-0.4, -0.2) is 110 Å². The molecule has 19 heteroatoms. The third kappa shape index (κ3) is 10.4. The Morgan fingerprint density at radius 2 is 1.83 bits per heavy atom. The van der Waals surface area contributed by atoms with Crippen LogP contribution >= 0.6 is 11.6 Å². The Labute approximate surface area is 389 Å². The molecule has 0 spiro atoms. The first-order chi connectivity index (χ1) is 31.7. The monoisotopic (exact) mass is 956 g/mol. The Hall–Kier alpha value is -5.53. The van der Waals surface area contributed by atoms with Gasteiger partial charge in [-0.15, -0.1) is 4.91 Å². The third-order valence-electron chi connectivity index (χ3n) is 12.7. The lowest BCUT2D eigenvalue weighted by atomic mass is 9.72. The molecule has 3 aliphatic heterocycles. The minimum absolute atomic E-state index is 0.0302. The number of rotatable bonds is 13. The molecule has 1 aliphatic carbocycles. The number of piperazine rings is 1. The van der Waals surface area contributed by atoms with Gasteiger partial charge in [0.1, 0.15) is 40.9 Å². The Morgan fingerprint density at radius 3 is 2.61 bits per heavy atom. The molecule has 0 saturated carbocycles. The smallest absolute Gasteiger partial charge is 0.268 e. The lowest BCUT2D eigenvalue weighted by Gasteiger charge is -2.39. The van der Waals surface area contributed by atoms with Crippen molar-refractivity contribution in [2.75, 3.05) is 80.8 Å². The standard InChI is InChI=1S/C47H53ClN8O8S2/c1-47(2)12-9-33(40(27-47)31-3-5-34(48)6-4-31)29-55-15-17-56(18-16-55)36-7-8-39(42(24-36)64-37-23-32-10-13-49-45(32)50-28-37)46(57)54-66(60,61)38-25-41(53-58)44-43(26-38)63-30-35(52-44)11-14-51-65(59)21-19-62-20-22-65/h3-8,10,13,23-26,28,35,52H,9,11-12,14-22,27,29-30H2,1-2H3,(H,49,50)(H,54,57)/t35-/m0/s1. The van der Waals surface area contributed by atoms with Crippen molar-refractivity contribution in [2.45, 2.75) is 50.5 Å². The van der Waals surface area contributed by atoms with Crippen molar-refractivity contribution in [3.8, 4) is 17.2 Å². The molecule has 66 heavy (non-hydrogen) atoms. The number of nitroso groups, excluding NO2 is 1. The Kier molecular flexibility index (Phi) is 13.1. The van der Waals surface area contributed by atoms with Gasteiger partial charge in [0.25, 0.3) is 15.9 Å². The first kappa shape index (κ1) is 45.6. The zero-order chi connectivity index (χ0) is 46.1. The zero-order valence-corrected chi connectivity index (χ0v) is 39.3. The van der Waals surface area contributed by atoms with Gasteiger partial charge in [0, 0.05) is 67.1 Å². The maximum atomic E-state index is 14.1. The highest BCUT2D eigenvalue weighted by molar-refractivity contribution is 7.93. The zero-order valence-electron chi connectivity index (χ0n) is 36.9. The normalized spacial score (nSPS) is 19.6. The van der Waals surface area contributed by atoms with Crippen LogP contribution in [0.3, 0.4) is 0 Å². The average molecular weight is 958 g/mol. The van der Waals surface area contributed by atoms with E-state index in [2.05, 4.69) is 65.3 Å². The van der Waals surface area contributed by atoms with E-state index in [1.54, 1.807) is 30.5 Å². The van der Waals surface area contributed by atoms with Gasteiger partial charge in [0.2, 0.25) is 0 Å². The predicted molar refractivity (Wildman–Crippen MR) is 257 cm³/mol. The molecule has 5 aromatic rings. The number of nitrogens with zero attached hydrogens (tertiary/aromatic N) is 5. The quantitative estimate of drug-likeness (QED) is 0.0956. The number of benzene rings is 3. The Bertz CT molecular complexity index is 2910. The second kappa shape index (κ2) is 19.0. The number of halogens is 1. The van der Waals surface area contributed by atoms with Crippen molar-refractivity contribution >= 4 is 70.9 Å². The number of carbonyl (C=O) groups is 1. The van der Waals surface area contributed by atoms with Gasteiger partial charge < -0.3 is 29.4 Å². The number of pyridine rings is 1. The van der Waals surface area contributed by atoms with Gasteiger partial charge in [0.15, 0.2) is 0 Å². The van der Waals surface area contributed by atoms with Crippen LogP contribution < -0.4 is 24.4 Å². The van der Waals surface area contributed by atoms with Gasteiger partial charge in [0.05, 0.1) is 63.7 Å². The number of nitrogens with one attached hydrogen (secondary N) is 3. The van der Waals surface area contributed by atoms with Crippen LogP contribution in [0.25, 0.3) is 16.6 Å². The minimum Gasteiger partial charge on any atom is -0.489 e. The molecule has 3 N–H and O–H groups in total. The molecule has 3 aromatic carbocycles. The summed E-state index contributed by atoms with van der Waals surface area (Å²) in [6.45, 7) is 9.90. The summed E-state index contributed by atoms with van der Waals surface area (Å²) in [7, 11) is -6.90. The lowest BCUT2D eigenvalue weighted by molar-refractivity contribution is 0.0979. The SMILES string of the molecule is CC1(C)CCC(CN2CCN(c3ccc(C(=O)NS(=O)(=O)c4cc(N=O)c5c(c4)OC[C@H](CCN=S4(=O)CCOCC4)N5)c(Oc4cnc5[nH]ccc5c4)c3)CC2)=C(c2ccc(Cl)cc2)C1. The van der Waals surface area contributed by atoms with Crippen LogP contribution in [0.1, 0.15) is 55.5 Å². The van der Waals surface area contributed by atoms with Crippen LogP contribution in [0.5, 0.6) is 17.2 Å². The molecule has 2 fully saturated rings. The number of amides is 1. The molecule has 4 aliphatic rings. The topological polar surface area (TPSA) is 197 Å². The summed E-state index contributed by atoms with van der Waals surface area (Å²) in [5.74, 6) is 0.416. The first-order valence-electron chi connectivity index (χ1n) is 22.2. The third-order valence-corrected chi connectivity index (χ3v) is 16.5. The molecule has 5 heterocycles. The van der Waals surface area contributed by atoms with Gasteiger partial charge in [-0.1, -0.05) is 43.2 Å². The van der Waals surface area contributed by atoms with Crippen molar-refractivity contribution in [1.29, 1.82) is 0 Å². The largest absolute Gasteiger partial charge is 0.489 e. The van der Waals surface area contributed by atoms with E-state index in [0.717, 1.165) is 74.1 Å². The van der Waals surface area contributed by atoms with E-state index in [-0.39, 0.29) is 51.4 Å². The van der Waals surface area contributed by atoms with Crippen molar-refractivity contribution in [3.05, 3.63) is 106 Å². The lowest BCUT2D eigenvalue weighted by Crippen LogP contribution is -2.47. The van der Waals surface area contributed by atoms with E-state index in [9.17, 15) is 22.3 Å². The summed E-state index contributed by atoms with van der Waals surface area (Å²) < 4.78 is 64.9. The van der Waals surface area contributed by atoms with Crippen LogP contribution in [0.2, 0.25) is 5.02 Å². The van der Waals surface area contributed by atoms with Crippen LogP contribution in [0.4, 0.5) is 17.1 Å². The van der Waals surface area contributed by atoms with E-state index < -0.39 is 25.7 Å². The van der Waals surface area contributed by atoms with Crippen molar-refractivity contribution in [2.24, 2.45) is 15.0 Å². The molecule has 2 saturated heterocycles. The van der Waals surface area contributed by atoms with E-state index in [1.807, 2.05) is 18.2 Å². The number of hydrogen-bond donors (Lipinski definition) is 3. The highest BCUT2D eigenvalue weighted by Crippen LogP contribution is 2.44. The molecule has 2 aromatic heterocycles. The highest BCUT2D eigenvalue weighted by atomic mass is 35.5. The number of sulfonamides is 1. The molecule has 16 nitrogen and oxygen atoms in total. The molecule has 0 radical (unpaired) electrons. The number of carbonyl (C=O) groups excluding carboxylic acids is 1. The number of aromatic amines is 1. The van der Waals surface area contributed by atoms with E-state index in [0.29, 0.717) is 49.1 Å². The molecule has 0 bridgehead atoms. The summed E-state index contributed by atoms with van der Waals surface area (Å²) >= 11 is 6.25. The summed E-state index contributed by atoms with van der Waals surface area (Å²) in [5.41, 5.74) is 5.78. The van der Waals surface area contributed by atoms with Crippen LogP contribution in [0.15, 0.2) is 99.1 Å². The second-order valence-electron chi connectivity index (χ2n) is 18.0. The summed E-state index contributed by atoms with van der Waals surface area (Å²) in [5, 5.41) is 7.81. The fraction of sp³-hybridized carbons (Fsp3) is 0.404. The fourth-order valence-corrected chi connectivity index (χ4v) is 11.7. The van der Waals surface area contributed by atoms with Gasteiger partial charge >= 0.3 is 0 Å². The van der Waals surface area contributed by atoms with Crippen molar-refractivity contribution < 1.29 is 31.6 Å². The predicted octanol–water partition coefficient (Wildman–Crippen LogP) is 8.37. The number of ether oxygens (including phenoxy) is 3. The van der Waals surface area contributed by atoms with E-state index in [4.69, 9.17) is 25.8 Å². The maximum Gasteiger partial charge on any atom is 0.268 e. The van der Waals surface area contributed by atoms with E-state index >= 15 is 0 Å². The van der Waals surface area contributed by atoms with Crippen molar-refractivity contribution in [3.63, 3.8) is 0 Å². The maximum absolute atomic E-state index is 14.1. The number of H-pyrrole nitrogens is 1. The van der Waals surface area contributed by atoms with Gasteiger partial charge in [-0.25, -0.2) is 26.7 Å². The molecule has 1 atom stereocenters. The molecule has 0 unspecified atom stereocenters. The van der Waals surface area contributed by atoms with Crippen LogP contribution in [-0.2, 0) is 24.5 Å². The van der Waals surface area contributed by atoms with Gasteiger partial charge in [-0.2, -0.15) is 0 Å². The van der Waals surface area contributed by atoms with Gasteiger partial charge in [-0.3, -0.25) is 9.69 Å². The summed E-state index contributed by atoms with van der Waals surface area (Å²) in [4.78, 5) is 38.0. The molecular formula is C47H53ClN8O8S2. The Morgan fingerprint density at radius 1 is 1.05 bits per heavy atom. The minimum atomic E-state index is -4.57. The molecule has 1 amide bonds. The average Bonchev–Trinajstić information content (AvgIpc) is 3.78. The number of allylic oxidation sites excluding steroid dienone is 1. The number of fused-ring (bicyclic) bond motifs is 2. The number of anilines is 2. The molecular weight excluding hydrogens is 904 g/mol. The molecule has 9 rings (SSSR count). The fourth-order valence-electron chi connectivity index (χ4n) is 8.96. The van der Waals surface area contributed by atoms with E-state index in [1.165, 1.54) is 29.0 Å². The molecule has 348 valence electrons. The number of aromatic nitrogens is 2.